The molecule has 0 radical (unpaired) electrons. The van der Waals surface area contributed by atoms with Gasteiger partial charge in [-0.3, -0.25) is 9.48 Å². The first kappa shape index (κ1) is 19.8. The standard InChI is InChI=1S/C20H22N4O3S/c1-13-4-6-17(7-5-13)22-20(25)16(11-21)10-19-14(2)23-24(15(19)3)18-8-9-28(26,27)12-18/h4-7,10,18H,8-9,12H2,1-3H3,(H,22,25)/b16-10+/t18-/m1/s1. The number of nitrogens with one attached hydrogen (secondary N) is 1. The molecule has 1 atom stereocenters. The van der Waals surface area contributed by atoms with Gasteiger partial charge in [-0.2, -0.15) is 10.4 Å². The van der Waals surface area contributed by atoms with E-state index in [1.54, 1.807) is 23.7 Å². The third-order valence-electron chi connectivity index (χ3n) is 4.90. The van der Waals surface area contributed by atoms with Crippen molar-refractivity contribution in [3.05, 3.63) is 52.4 Å². The van der Waals surface area contributed by atoms with Crippen LogP contribution in [0.2, 0.25) is 0 Å². The maximum atomic E-state index is 12.5. The van der Waals surface area contributed by atoms with Gasteiger partial charge in [0.05, 0.1) is 23.2 Å². The van der Waals surface area contributed by atoms with Crippen LogP contribution in [0.15, 0.2) is 29.8 Å². The van der Waals surface area contributed by atoms with Gasteiger partial charge in [0.15, 0.2) is 9.84 Å². The number of nitriles is 1. The fourth-order valence-corrected chi connectivity index (χ4v) is 5.03. The summed E-state index contributed by atoms with van der Waals surface area (Å²) in [4.78, 5) is 12.5. The lowest BCUT2D eigenvalue weighted by Crippen LogP contribution is -2.14. The fraction of sp³-hybridized carbons (Fsp3) is 0.350. The van der Waals surface area contributed by atoms with Gasteiger partial charge in [0.25, 0.3) is 5.91 Å². The number of amides is 1. The highest BCUT2D eigenvalue weighted by Crippen LogP contribution is 2.27. The average molecular weight is 398 g/mol. The number of aromatic nitrogens is 2. The Morgan fingerprint density at radius 3 is 2.54 bits per heavy atom. The summed E-state index contributed by atoms with van der Waals surface area (Å²) in [7, 11) is -3.04. The molecule has 1 aromatic carbocycles. The largest absolute Gasteiger partial charge is 0.321 e. The lowest BCUT2D eigenvalue weighted by Gasteiger charge is -2.11. The molecule has 1 aliphatic heterocycles. The summed E-state index contributed by atoms with van der Waals surface area (Å²) in [5.74, 6) is -0.276. The Hall–Kier alpha value is -2.92. The number of hydrogen-bond donors (Lipinski definition) is 1. The molecule has 0 unspecified atom stereocenters. The van der Waals surface area contributed by atoms with Crippen LogP contribution >= 0.6 is 0 Å². The number of nitrogens with zero attached hydrogens (tertiary/aromatic N) is 3. The molecule has 1 fully saturated rings. The predicted molar refractivity (Wildman–Crippen MR) is 107 cm³/mol. The molecular weight excluding hydrogens is 376 g/mol. The topological polar surface area (TPSA) is 105 Å². The van der Waals surface area contributed by atoms with Gasteiger partial charge in [0.2, 0.25) is 0 Å². The number of carbonyl (C=O) groups is 1. The van der Waals surface area contributed by atoms with Gasteiger partial charge >= 0.3 is 0 Å². The van der Waals surface area contributed by atoms with E-state index in [-0.39, 0.29) is 23.1 Å². The monoisotopic (exact) mass is 398 g/mol. The zero-order valence-corrected chi connectivity index (χ0v) is 16.9. The minimum absolute atomic E-state index is 0.0367. The molecule has 0 aliphatic carbocycles. The van der Waals surface area contributed by atoms with Gasteiger partial charge in [-0.25, -0.2) is 8.42 Å². The van der Waals surface area contributed by atoms with Crippen molar-refractivity contribution in [2.45, 2.75) is 33.2 Å². The first-order valence-electron chi connectivity index (χ1n) is 8.96. The van der Waals surface area contributed by atoms with Crippen LogP contribution in [0.4, 0.5) is 5.69 Å². The van der Waals surface area contributed by atoms with Crippen LogP contribution in [0.3, 0.4) is 0 Å². The van der Waals surface area contributed by atoms with Gasteiger partial charge in [-0.05, 0) is 45.4 Å². The van der Waals surface area contributed by atoms with Crippen LogP contribution in [0, 0.1) is 32.1 Å². The summed E-state index contributed by atoms with van der Waals surface area (Å²) in [6.07, 6.45) is 2.04. The Morgan fingerprint density at radius 2 is 1.96 bits per heavy atom. The number of carbonyl (C=O) groups excluding carboxylic acids is 1. The Bertz CT molecular complexity index is 1090. The highest BCUT2D eigenvalue weighted by atomic mass is 32.2. The molecule has 0 bridgehead atoms. The Morgan fingerprint density at radius 1 is 1.29 bits per heavy atom. The lowest BCUT2D eigenvalue weighted by molar-refractivity contribution is -0.112. The van der Waals surface area contributed by atoms with Gasteiger partial charge in [0.1, 0.15) is 11.6 Å². The molecule has 1 N–H and O–H groups in total. The number of aryl methyl sites for hydroxylation is 2. The van der Waals surface area contributed by atoms with Crippen LogP contribution in [-0.2, 0) is 14.6 Å². The second-order valence-electron chi connectivity index (χ2n) is 7.08. The number of anilines is 1. The Labute approximate surface area is 164 Å². The molecule has 0 saturated carbocycles. The molecule has 7 nitrogen and oxygen atoms in total. The summed E-state index contributed by atoms with van der Waals surface area (Å²) in [6, 6.07) is 9.03. The minimum atomic E-state index is -3.04. The minimum Gasteiger partial charge on any atom is -0.321 e. The van der Waals surface area contributed by atoms with Crippen molar-refractivity contribution in [2.24, 2.45) is 0 Å². The van der Waals surface area contributed by atoms with E-state index in [9.17, 15) is 18.5 Å². The summed E-state index contributed by atoms with van der Waals surface area (Å²) >= 11 is 0. The maximum absolute atomic E-state index is 12.5. The molecule has 2 heterocycles. The molecule has 8 heteroatoms. The second-order valence-corrected chi connectivity index (χ2v) is 9.30. The van der Waals surface area contributed by atoms with Gasteiger partial charge < -0.3 is 5.32 Å². The molecule has 1 saturated heterocycles. The van der Waals surface area contributed by atoms with Crippen molar-refractivity contribution in [1.29, 1.82) is 5.26 Å². The van der Waals surface area contributed by atoms with E-state index in [2.05, 4.69) is 10.4 Å². The van der Waals surface area contributed by atoms with Crippen molar-refractivity contribution >= 4 is 27.5 Å². The van der Waals surface area contributed by atoms with E-state index in [0.717, 1.165) is 11.3 Å². The number of benzene rings is 1. The molecule has 2 aromatic rings. The molecule has 1 amide bonds. The summed E-state index contributed by atoms with van der Waals surface area (Å²) in [5, 5.41) is 16.6. The van der Waals surface area contributed by atoms with Crippen molar-refractivity contribution in [2.75, 3.05) is 16.8 Å². The predicted octanol–water partition coefficient (Wildman–Crippen LogP) is 2.71. The van der Waals surface area contributed by atoms with Crippen LogP contribution in [0.1, 0.15) is 35.0 Å². The van der Waals surface area contributed by atoms with E-state index in [0.29, 0.717) is 23.4 Å². The normalized spacial score (nSPS) is 18.6. The maximum Gasteiger partial charge on any atom is 0.266 e. The molecule has 3 rings (SSSR count). The van der Waals surface area contributed by atoms with Gasteiger partial charge in [-0.1, -0.05) is 17.7 Å². The van der Waals surface area contributed by atoms with E-state index in [1.165, 1.54) is 6.08 Å². The van der Waals surface area contributed by atoms with E-state index < -0.39 is 15.7 Å². The number of rotatable bonds is 4. The van der Waals surface area contributed by atoms with Crippen LogP contribution in [0.5, 0.6) is 0 Å². The van der Waals surface area contributed by atoms with Gasteiger partial charge in [0, 0.05) is 16.9 Å². The highest BCUT2D eigenvalue weighted by molar-refractivity contribution is 7.91. The molecule has 1 aliphatic rings. The highest BCUT2D eigenvalue weighted by Gasteiger charge is 2.31. The fourth-order valence-electron chi connectivity index (χ4n) is 3.34. The molecule has 28 heavy (non-hydrogen) atoms. The van der Waals surface area contributed by atoms with Crippen molar-refractivity contribution in [1.82, 2.24) is 9.78 Å². The lowest BCUT2D eigenvalue weighted by atomic mass is 10.1. The number of sulfone groups is 1. The summed E-state index contributed by atoms with van der Waals surface area (Å²) < 4.78 is 25.3. The van der Waals surface area contributed by atoms with Crippen LogP contribution in [0.25, 0.3) is 6.08 Å². The van der Waals surface area contributed by atoms with Gasteiger partial charge in [-0.15, -0.1) is 0 Å². The van der Waals surface area contributed by atoms with Crippen LogP contribution < -0.4 is 5.32 Å². The number of hydrogen-bond acceptors (Lipinski definition) is 5. The first-order valence-corrected chi connectivity index (χ1v) is 10.8. The van der Waals surface area contributed by atoms with Crippen molar-refractivity contribution in [3.63, 3.8) is 0 Å². The quantitative estimate of drug-likeness (QED) is 0.630. The average Bonchev–Trinajstić information content (AvgIpc) is 3.14. The van der Waals surface area contributed by atoms with Crippen molar-refractivity contribution in [3.8, 4) is 6.07 Å². The van der Waals surface area contributed by atoms with E-state index in [4.69, 9.17) is 0 Å². The third kappa shape index (κ3) is 4.15. The molecule has 146 valence electrons. The molecule has 0 spiro atoms. The third-order valence-corrected chi connectivity index (χ3v) is 6.65. The Kier molecular flexibility index (Phi) is 5.38. The zero-order chi connectivity index (χ0) is 20.5. The summed E-state index contributed by atoms with van der Waals surface area (Å²) in [5.41, 5.74) is 3.71. The van der Waals surface area contributed by atoms with Crippen molar-refractivity contribution < 1.29 is 13.2 Å². The molecule has 1 aromatic heterocycles. The summed E-state index contributed by atoms with van der Waals surface area (Å²) in [6.45, 7) is 5.56. The Balaban J connectivity index is 1.87. The second kappa shape index (κ2) is 7.60. The first-order chi connectivity index (χ1) is 13.2. The molecular formula is C20H22N4O3S. The smallest absolute Gasteiger partial charge is 0.266 e. The van der Waals surface area contributed by atoms with E-state index >= 15 is 0 Å². The zero-order valence-electron chi connectivity index (χ0n) is 16.1. The SMILES string of the molecule is Cc1ccc(NC(=O)/C(C#N)=C/c2c(C)nn([C@@H]3CCS(=O)(=O)C3)c2C)cc1. The van der Waals surface area contributed by atoms with Crippen LogP contribution in [-0.4, -0.2) is 35.6 Å². The van der Waals surface area contributed by atoms with E-state index in [1.807, 2.05) is 32.0 Å².